The molecule has 0 unspecified atom stereocenters. The molecule has 0 aliphatic rings. The number of carbonyl (C=O) groups is 2. The Balaban J connectivity index is 1.85. The lowest BCUT2D eigenvalue weighted by Gasteiger charge is -2.16. The second kappa shape index (κ2) is 8.26. The van der Waals surface area contributed by atoms with Crippen molar-refractivity contribution >= 4 is 17.6 Å². The van der Waals surface area contributed by atoms with Gasteiger partial charge in [-0.15, -0.1) is 0 Å². The number of likely N-dealkylation sites (N-methyl/N-ethyl adjacent to an activating group) is 1. The van der Waals surface area contributed by atoms with E-state index in [1.165, 1.54) is 18.2 Å². The molecule has 24 heavy (non-hydrogen) atoms. The van der Waals surface area contributed by atoms with E-state index in [9.17, 15) is 9.59 Å². The number of amides is 1. The van der Waals surface area contributed by atoms with Gasteiger partial charge in [0.15, 0.2) is 0 Å². The first-order valence-electron chi connectivity index (χ1n) is 7.70. The molecule has 5 heteroatoms. The smallest absolute Gasteiger partial charge is 0.337 e. The van der Waals surface area contributed by atoms with Gasteiger partial charge in [-0.2, -0.15) is 0 Å². The number of methoxy groups -OCH3 is 1. The molecular weight excluding hydrogens is 304 g/mol. The van der Waals surface area contributed by atoms with Crippen LogP contribution in [0.25, 0.3) is 0 Å². The van der Waals surface area contributed by atoms with Gasteiger partial charge in [0, 0.05) is 12.2 Å². The highest BCUT2D eigenvalue weighted by atomic mass is 16.5. The molecule has 0 bridgehead atoms. The molecule has 2 rings (SSSR count). The van der Waals surface area contributed by atoms with Gasteiger partial charge in [0.2, 0.25) is 5.91 Å². The third-order valence-corrected chi connectivity index (χ3v) is 3.58. The number of rotatable bonds is 6. The molecule has 2 aromatic carbocycles. The van der Waals surface area contributed by atoms with Crippen molar-refractivity contribution in [2.24, 2.45) is 0 Å². The molecule has 0 radical (unpaired) electrons. The Labute approximate surface area is 142 Å². The molecule has 0 atom stereocenters. The minimum Gasteiger partial charge on any atom is -0.465 e. The number of benzene rings is 2. The molecule has 5 nitrogen and oxygen atoms in total. The van der Waals surface area contributed by atoms with E-state index in [0.717, 1.165) is 0 Å². The van der Waals surface area contributed by atoms with Crippen LogP contribution in [0.3, 0.4) is 0 Å². The summed E-state index contributed by atoms with van der Waals surface area (Å²) in [5.74, 6) is -0.499. The van der Waals surface area contributed by atoms with Gasteiger partial charge >= 0.3 is 5.97 Å². The fraction of sp³-hybridized carbons (Fsp3) is 0.263. The second-order valence-corrected chi connectivity index (χ2v) is 5.77. The van der Waals surface area contributed by atoms with E-state index in [1.54, 1.807) is 24.3 Å². The van der Waals surface area contributed by atoms with Gasteiger partial charge in [-0.05, 0) is 43.8 Å². The first-order chi connectivity index (χ1) is 11.5. The minimum absolute atomic E-state index is 0.101. The third-order valence-electron chi connectivity index (χ3n) is 3.58. The quantitative estimate of drug-likeness (QED) is 0.829. The van der Waals surface area contributed by atoms with Crippen molar-refractivity contribution in [2.75, 3.05) is 26.0 Å². The van der Waals surface area contributed by atoms with E-state index in [4.69, 9.17) is 0 Å². The molecule has 126 valence electrons. The predicted octanol–water partition coefficient (Wildman–Crippen LogP) is 2.85. The molecule has 1 amide bonds. The van der Waals surface area contributed by atoms with E-state index in [2.05, 4.69) is 34.3 Å². The molecule has 0 aliphatic carbocycles. The Bertz CT molecular complexity index is 694. The summed E-state index contributed by atoms with van der Waals surface area (Å²) in [4.78, 5) is 25.4. The van der Waals surface area contributed by atoms with Gasteiger partial charge in [0.25, 0.3) is 0 Å². The number of aryl methyl sites for hydroxylation is 1. The number of nitrogens with zero attached hydrogens (tertiary/aromatic N) is 1. The molecule has 0 saturated carbocycles. The van der Waals surface area contributed by atoms with Crippen molar-refractivity contribution in [3.63, 3.8) is 0 Å². The van der Waals surface area contributed by atoms with E-state index in [1.807, 2.05) is 18.9 Å². The van der Waals surface area contributed by atoms with Crippen LogP contribution in [0.4, 0.5) is 5.69 Å². The lowest BCUT2D eigenvalue weighted by Crippen LogP contribution is -2.29. The van der Waals surface area contributed by atoms with Gasteiger partial charge < -0.3 is 10.1 Å². The van der Waals surface area contributed by atoms with Crippen molar-refractivity contribution < 1.29 is 14.3 Å². The molecular formula is C19H22N2O3. The zero-order chi connectivity index (χ0) is 17.5. The standard InChI is InChI=1S/C19H22N2O3/c1-14-4-6-15(7-5-14)12-21(2)13-18(22)20-17-10-8-16(9-11-17)19(23)24-3/h4-11H,12-13H2,1-3H3,(H,20,22). The number of esters is 1. The number of hydrogen-bond donors (Lipinski definition) is 1. The highest BCUT2D eigenvalue weighted by Gasteiger charge is 2.09. The zero-order valence-corrected chi connectivity index (χ0v) is 14.2. The number of carbonyl (C=O) groups excluding carboxylic acids is 2. The van der Waals surface area contributed by atoms with Crippen LogP contribution < -0.4 is 5.32 Å². The summed E-state index contributed by atoms with van der Waals surface area (Å²) in [5, 5.41) is 2.82. The summed E-state index contributed by atoms with van der Waals surface area (Å²) >= 11 is 0. The summed E-state index contributed by atoms with van der Waals surface area (Å²) < 4.78 is 4.64. The van der Waals surface area contributed by atoms with Crippen LogP contribution in [0.2, 0.25) is 0 Å². The fourth-order valence-corrected chi connectivity index (χ4v) is 2.31. The van der Waals surface area contributed by atoms with Crippen LogP contribution in [0.5, 0.6) is 0 Å². The predicted molar refractivity (Wildman–Crippen MR) is 93.9 cm³/mol. The number of hydrogen-bond acceptors (Lipinski definition) is 4. The first kappa shape index (κ1) is 17.7. The first-order valence-corrected chi connectivity index (χ1v) is 7.70. The topological polar surface area (TPSA) is 58.6 Å². The molecule has 0 spiro atoms. The van der Waals surface area contributed by atoms with Crippen molar-refractivity contribution in [3.05, 3.63) is 65.2 Å². The van der Waals surface area contributed by atoms with Crippen molar-refractivity contribution in [1.29, 1.82) is 0 Å². The Morgan fingerprint density at radius 2 is 1.67 bits per heavy atom. The highest BCUT2D eigenvalue weighted by Crippen LogP contribution is 2.11. The van der Waals surface area contributed by atoms with Gasteiger partial charge in [0.05, 0.1) is 19.2 Å². The van der Waals surface area contributed by atoms with Gasteiger partial charge in [-0.3, -0.25) is 9.69 Å². The molecule has 0 heterocycles. The zero-order valence-electron chi connectivity index (χ0n) is 14.2. The molecule has 0 saturated heterocycles. The van der Waals surface area contributed by atoms with Crippen LogP contribution in [0.1, 0.15) is 21.5 Å². The average Bonchev–Trinajstić information content (AvgIpc) is 2.56. The third kappa shape index (κ3) is 5.21. The fourth-order valence-electron chi connectivity index (χ4n) is 2.31. The molecule has 1 N–H and O–H groups in total. The maximum Gasteiger partial charge on any atom is 0.337 e. The van der Waals surface area contributed by atoms with Gasteiger partial charge in [-0.25, -0.2) is 4.79 Å². The normalized spacial score (nSPS) is 10.5. The van der Waals surface area contributed by atoms with Crippen molar-refractivity contribution in [2.45, 2.75) is 13.5 Å². The largest absolute Gasteiger partial charge is 0.465 e. The lowest BCUT2D eigenvalue weighted by molar-refractivity contribution is -0.117. The summed E-state index contributed by atoms with van der Waals surface area (Å²) in [7, 11) is 3.24. The average molecular weight is 326 g/mol. The lowest BCUT2D eigenvalue weighted by atomic mass is 10.1. The molecule has 0 aliphatic heterocycles. The summed E-state index contributed by atoms with van der Waals surface area (Å²) in [6.07, 6.45) is 0. The van der Waals surface area contributed by atoms with Crippen molar-refractivity contribution in [1.82, 2.24) is 4.90 Å². The monoisotopic (exact) mass is 326 g/mol. The molecule has 0 aromatic heterocycles. The van der Waals surface area contributed by atoms with E-state index in [0.29, 0.717) is 17.8 Å². The molecule has 2 aromatic rings. The van der Waals surface area contributed by atoms with Gasteiger partial charge in [0.1, 0.15) is 0 Å². The Kier molecular flexibility index (Phi) is 6.09. The molecule has 0 fully saturated rings. The number of nitrogens with one attached hydrogen (secondary N) is 1. The summed E-state index contributed by atoms with van der Waals surface area (Å²) in [5.41, 5.74) is 3.48. The van der Waals surface area contributed by atoms with Crippen LogP contribution in [0.15, 0.2) is 48.5 Å². The second-order valence-electron chi connectivity index (χ2n) is 5.77. The Morgan fingerprint density at radius 1 is 1.04 bits per heavy atom. The Hall–Kier alpha value is -2.66. The maximum atomic E-state index is 12.1. The number of ether oxygens (including phenoxy) is 1. The van der Waals surface area contributed by atoms with E-state index >= 15 is 0 Å². The van der Waals surface area contributed by atoms with Crippen LogP contribution in [-0.4, -0.2) is 37.5 Å². The van der Waals surface area contributed by atoms with Crippen molar-refractivity contribution in [3.8, 4) is 0 Å². The summed E-state index contributed by atoms with van der Waals surface area (Å²) in [6.45, 7) is 3.04. The number of anilines is 1. The summed E-state index contributed by atoms with van der Waals surface area (Å²) in [6, 6.07) is 14.9. The van der Waals surface area contributed by atoms with E-state index in [-0.39, 0.29) is 12.5 Å². The maximum absolute atomic E-state index is 12.1. The van der Waals surface area contributed by atoms with Gasteiger partial charge in [-0.1, -0.05) is 29.8 Å². The van der Waals surface area contributed by atoms with Crippen LogP contribution in [0, 0.1) is 6.92 Å². The van der Waals surface area contributed by atoms with Crippen LogP contribution >= 0.6 is 0 Å². The minimum atomic E-state index is -0.397. The highest BCUT2D eigenvalue weighted by molar-refractivity contribution is 5.93. The Morgan fingerprint density at radius 3 is 2.25 bits per heavy atom. The van der Waals surface area contributed by atoms with E-state index < -0.39 is 5.97 Å². The SMILES string of the molecule is COC(=O)c1ccc(NC(=O)CN(C)Cc2ccc(C)cc2)cc1. The van der Waals surface area contributed by atoms with Crippen LogP contribution in [-0.2, 0) is 16.1 Å².